The fraction of sp³-hybridized carbons (Fsp3) is 0.462. The minimum atomic E-state index is -0.371. The molecule has 1 fully saturated rings. The first-order chi connectivity index (χ1) is 8.31. The molecule has 1 aliphatic carbocycles. The van der Waals surface area contributed by atoms with E-state index in [-0.39, 0.29) is 17.4 Å². The van der Waals surface area contributed by atoms with Gasteiger partial charge in [-0.1, -0.05) is 11.6 Å². The van der Waals surface area contributed by atoms with E-state index in [4.69, 9.17) is 10.5 Å². The van der Waals surface area contributed by atoms with Crippen LogP contribution in [0.25, 0.3) is 0 Å². The second kappa shape index (κ2) is 4.73. The number of nitrogens with one attached hydrogen (secondary N) is 1. The van der Waals surface area contributed by atoms with E-state index in [1.165, 1.54) is 5.57 Å². The fourth-order valence-corrected chi connectivity index (χ4v) is 2.60. The van der Waals surface area contributed by atoms with Crippen molar-refractivity contribution in [1.29, 1.82) is 15.8 Å². The van der Waals surface area contributed by atoms with Gasteiger partial charge in [0.2, 0.25) is 0 Å². The standard InChI is InChI=1S/C13H12N4/c14-5-10(6-15)13-12(7-16)11-4-2-1-3-9(11)8-17-13/h3,11-12,17H,1-2,4,8H2. The Kier molecular flexibility index (Phi) is 3.12. The lowest BCUT2D eigenvalue weighted by Gasteiger charge is -2.35. The number of nitrogens with zero attached hydrogens (tertiary/aromatic N) is 3. The topological polar surface area (TPSA) is 83.4 Å². The fourth-order valence-electron chi connectivity index (χ4n) is 2.60. The van der Waals surface area contributed by atoms with Crippen molar-refractivity contribution in [3.05, 3.63) is 22.9 Å². The molecule has 84 valence electrons. The molecule has 1 saturated heterocycles. The Morgan fingerprint density at radius 1 is 1.29 bits per heavy atom. The van der Waals surface area contributed by atoms with Crippen LogP contribution < -0.4 is 5.32 Å². The smallest absolute Gasteiger partial charge is 0.149 e. The highest BCUT2D eigenvalue weighted by molar-refractivity contribution is 5.44. The van der Waals surface area contributed by atoms with Crippen molar-refractivity contribution < 1.29 is 0 Å². The SMILES string of the molecule is N#CC(C#N)=C1NCC2=CCCCC2C1C#N. The first-order valence-electron chi connectivity index (χ1n) is 5.68. The van der Waals surface area contributed by atoms with Gasteiger partial charge in [-0.2, -0.15) is 15.8 Å². The Bertz CT molecular complexity index is 491. The van der Waals surface area contributed by atoms with Crippen LogP contribution in [0.4, 0.5) is 0 Å². The zero-order chi connectivity index (χ0) is 12.3. The maximum absolute atomic E-state index is 9.27. The van der Waals surface area contributed by atoms with Crippen LogP contribution in [0.2, 0.25) is 0 Å². The first-order valence-corrected chi connectivity index (χ1v) is 5.68. The molecule has 2 unspecified atom stereocenters. The molecule has 2 aliphatic rings. The van der Waals surface area contributed by atoms with Crippen LogP contribution >= 0.6 is 0 Å². The lowest BCUT2D eigenvalue weighted by Crippen LogP contribution is -2.38. The Labute approximate surface area is 100 Å². The third kappa shape index (κ3) is 1.88. The van der Waals surface area contributed by atoms with Gasteiger partial charge in [-0.15, -0.1) is 0 Å². The number of allylic oxidation sites excluding steroid dienone is 3. The Morgan fingerprint density at radius 2 is 2.06 bits per heavy atom. The maximum Gasteiger partial charge on any atom is 0.149 e. The minimum absolute atomic E-state index is 0.0428. The van der Waals surface area contributed by atoms with Gasteiger partial charge in [-0.25, -0.2) is 0 Å². The predicted molar refractivity (Wildman–Crippen MR) is 60.8 cm³/mol. The first kappa shape index (κ1) is 11.2. The number of rotatable bonds is 0. The highest BCUT2D eigenvalue weighted by atomic mass is 14.9. The second-order valence-corrected chi connectivity index (χ2v) is 4.29. The molecule has 2 rings (SSSR count). The van der Waals surface area contributed by atoms with Gasteiger partial charge in [0.25, 0.3) is 0 Å². The molecule has 0 aromatic carbocycles. The average Bonchev–Trinajstić information content (AvgIpc) is 2.39. The average molecular weight is 224 g/mol. The molecule has 4 nitrogen and oxygen atoms in total. The molecule has 0 spiro atoms. The molecule has 2 atom stereocenters. The summed E-state index contributed by atoms with van der Waals surface area (Å²) >= 11 is 0. The lowest BCUT2D eigenvalue weighted by molar-refractivity contribution is 0.388. The molecular formula is C13H12N4. The molecule has 0 amide bonds. The second-order valence-electron chi connectivity index (χ2n) is 4.29. The molecule has 1 heterocycles. The number of piperidine rings is 1. The van der Waals surface area contributed by atoms with Crippen molar-refractivity contribution in [2.24, 2.45) is 11.8 Å². The van der Waals surface area contributed by atoms with Gasteiger partial charge in [0.15, 0.2) is 0 Å². The molecule has 0 aromatic heterocycles. The zero-order valence-corrected chi connectivity index (χ0v) is 9.40. The number of hydrogen-bond acceptors (Lipinski definition) is 4. The Morgan fingerprint density at radius 3 is 2.71 bits per heavy atom. The number of hydrogen-bond donors (Lipinski definition) is 1. The van der Waals surface area contributed by atoms with Crippen LogP contribution in [0.5, 0.6) is 0 Å². The normalized spacial score (nSPS) is 26.4. The van der Waals surface area contributed by atoms with Crippen molar-refractivity contribution in [3.8, 4) is 18.2 Å². The highest BCUT2D eigenvalue weighted by Gasteiger charge is 2.35. The van der Waals surface area contributed by atoms with Crippen molar-refractivity contribution in [2.75, 3.05) is 6.54 Å². The lowest BCUT2D eigenvalue weighted by atomic mass is 9.74. The predicted octanol–water partition coefficient (Wildman–Crippen LogP) is 1.76. The monoisotopic (exact) mass is 224 g/mol. The largest absolute Gasteiger partial charge is 0.382 e. The van der Waals surface area contributed by atoms with Crippen LogP contribution in [-0.2, 0) is 0 Å². The van der Waals surface area contributed by atoms with Crippen LogP contribution in [0.1, 0.15) is 19.3 Å². The quantitative estimate of drug-likeness (QED) is 0.502. The summed E-state index contributed by atoms with van der Waals surface area (Å²) in [6.07, 6.45) is 5.29. The van der Waals surface area contributed by atoms with E-state index in [1.807, 2.05) is 12.1 Å². The number of fused-ring (bicyclic) bond motifs is 1. The van der Waals surface area contributed by atoms with Gasteiger partial charge in [0.05, 0.1) is 17.7 Å². The summed E-state index contributed by atoms with van der Waals surface area (Å²) in [5.41, 5.74) is 1.81. The summed E-state index contributed by atoms with van der Waals surface area (Å²) < 4.78 is 0. The summed E-state index contributed by atoms with van der Waals surface area (Å²) in [5.74, 6) is -0.189. The van der Waals surface area contributed by atoms with Crippen molar-refractivity contribution >= 4 is 0 Å². The molecule has 1 N–H and O–H groups in total. The molecule has 0 saturated carbocycles. The van der Waals surface area contributed by atoms with Crippen LogP contribution in [0.15, 0.2) is 22.9 Å². The van der Waals surface area contributed by atoms with E-state index in [2.05, 4.69) is 17.5 Å². The van der Waals surface area contributed by atoms with E-state index in [0.29, 0.717) is 12.2 Å². The third-order valence-electron chi connectivity index (χ3n) is 3.43. The highest BCUT2D eigenvalue weighted by Crippen LogP contribution is 2.37. The van der Waals surface area contributed by atoms with Gasteiger partial charge < -0.3 is 5.32 Å². The third-order valence-corrected chi connectivity index (χ3v) is 3.43. The van der Waals surface area contributed by atoms with Gasteiger partial charge >= 0.3 is 0 Å². The van der Waals surface area contributed by atoms with Gasteiger partial charge in [0.1, 0.15) is 17.7 Å². The van der Waals surface area contributed by atoms with E-state index in [1.54, 1.807) is 0 Å². The molecule has 0 radical (unpaired) electrons. The summed E-state index contributed by atoms with van der Waals surface area (Å²) in [6.45, 7) is 0.658. The summed E-state index contributed by atoms with van der Waals surface area (Å²) in [6, 6.07) is 5.97. The molecule has 17 heavy (non-hydrogen) atoms. The molecule has 1 aliphatic heterocycles. The molecular weight excluding hydrogens is 212 g/mol. The van der Waals surface area contributed by atoms with Gasteiger partial charge in [0, 0.05) is 12.5 Å². The van der Waals surface area contributed by atoms with Crippen LogP contribution in [0, 0.1) is 45.8 Å². The van der Waals surface area contributed by atoms with Crippen molar-refractivity contribution in [3.63, 3.8) is 0 Å². The van der Waals surface area contributed by atoms with Gasteiger partial charge in [-0.05, 0) is 19.3 Å². The van der Waals surface area contributed by atoms with E-state index in [0.717, 1.165) is 19.3 Å². The molecule has 0 aromatic rings. The van der Waals surface area contributed by atoms with E-state index >= 15 is 0 Å². The molecule has 0 bridgehead atoms. The zero-order valence-electron chi connectivity index (χ0n) is 9.40. The Balaban J connectivity index is 2.42. The summed E-state index contributed by atoms with van der Waals surface area (Å²) in [4.78, 5) is 0. The number of nitriles is 3. The van der Waals surface area contributed by atoms with E-state index < -0.39 is 0 Å². The van der Waals surface area contributed by atoms with Crippen molar-refractivity contribution in [2.45, 2.75) is 19.3 Å². The van der Waals surface area contributed by atoms with Crippen LogP contribution in [0.3, 0.4) is 0 Å². The van der Waals surface area contributed by atoms with Gasteiger partial charge in [-0.3, -0.25) is 0 Å². The Hall–Kier alpha value is -2.25. The maximum atomic E-state index is 9.27. The van der Waals surface area contributed by atoms with E-state index in [9.17, 15) is 5.26 Å². The summed E-state index contributed by atoms with van der Waals surface area (Å²) in [7, 11) is 0. The molecule has 4 heteroatoms. The minimum Gasteiger partial charge on any atom is -0.382 e. The van der Waals surface area contributed by atoms with Crippen LogP contribution in [-0.4, -0.2) is 6.54 Å². The summed E-state index contributed by atoms with van der Waals surface area (Å²) in [5, 5.41) is 30.1. The van der Waals surface area contributed by atoms with Crippen molar-refractivity contribution in [1.82, 2.24) is 5.32 Å².